The molecule has 0 N–H and O–H groups in total. The van der Waals surface area contributed by atoms with Crippen molar-refractivity contribution < 1.29 is 9.09 Å². The van der Waals surface area contributed by atoms with Crippen molar-refractivity contribution in [3.8, 4) is 0 Å². The number of hydrogen-bond donors (Lipinski definition) is 0. The Morgan fingerprint density at radius 2 is 1.85 bits per heavy atom. The molecule has 0 spiro atoms. The van der Waals surface area contributed by atoms with Crippen LogP contribution in [0.15, 0.2) is 36.9 Å². The molecule has 0 unspecified atom stereocenters. The first-order valence-electron chi connectivity index (χ1n) is 3.98. The van der Waals surface area contributed by atoms with Gasteiger partial charge >= 0.3 is 0 Å². The van der Waals surface area contributed by atoms with Crippen molar-refractivity contribution in [2.24, 2.45) is 0 Å². The van der Waals surface area contributed by atoms with Crippen LogP contribution in [0.5, 0.6) is 0 Å². The smallest absolute Gasteiger partial charge is 0.242 e. The Hall–Kier alpha value is -1.01. The summed E-state index contributed by atoms with van der Waals surface area (Å²) in [5.41, 5.74) is 0.867. The Morgan fingerprint density at radius 1 is 1.31 bits per heavy atom. The van der Waals surface area contributed by atoms with Crippen LogP contribution in [0.25, 0.3) is 5.76 Å². The quantitative estimate of drug-likeness (QED) is 0.548. The maximum atomic E-state index is 11.3. The van der Waals surface area contributed by atoms with Crippen LogP contribution < -0.4 is 0 Å². The summed E-state index contributed by atoms with van der Waals surface area (Å²) in [6.07, 6.45) is 0. The van der Waals surface area contributed by atoms with E-state index in [1.807, 2.05) is 30.3 Å². The van der Waals surface area contributed by atoms with Gasteiger partial charge in [0.25, 0.3) is 0 Å². The van der Waals surface area contributed by atoms with Crippen molar-refractivity contribution in [1.29, 1.82) is 0 Å². The summed E-state index contributed by atoms with van der Waals surface area (Å²) >= 11 is 0. The molecule has 0 saturated carbocycles. The van der Waals surface area contributed by atoms with Crippen LogP contribution in [-0.2, 0) is 9.09 Å². The highest BCUT2D eigenvalue weighted by molar-refractivity contribution is 7.57. The summed E-state index contributed by atoms with van der Waals surface area (Å²) < 4.78 is 16.5. The highest BCUT2D eigenvalue weighted by Crippen LogP contribution is 2.42. The molecule has 0 fully saturated rings. The molecule has 0 aromatic heterocycles. The molecule has 1 aromatic rings. The van der Waals surface area contributed by atoms with Gasteiger partial charge < -0.3 is 4.52 Å². The molecule has 0 aliphatic carbocycles. The summed E-state index contributed by atoms with van der Waals surface area (Å²) in [5.74, 6) is 0.467. The second-order valence-corrected chi connectivity index (χ2v) is 5.82. The van der Waals surface area contributed by atoms with Gasteiger partial charge in [-0.25, -0.2) is 0 Å². The first kappa shape index (κ1) is 10.1. The molecule has 0 bridgehead atoms. The van der Waals surface area contributed by atoms with Gasteiger partial charge in [0.1, 0.15) is 5.76 Å². The van der Waals surface area contributed by atoms with Crippen LogP contribution in [0.3, 0.4) is 0 Å². The van der Waals surface area contributed by atoms with E-state index >= 15 is 0 Å². The van der Waals surface area contributed by atoms with Gasteiger partial charge in [0, 0.05) is 18.9 Å². The monoisotopic (exact) mass is 196 g/mol. The van der Waals surface area contributed by atoms with Crippen LogP contribution in [0.1, 0.15) is 5.56 Å². The first-order chi connectivity index (χ1) is 5.99. The van der Waals surface area contributed by atoms with E-state index in [0.717, 1.165) is 5.56 Å². The van der Waals surface area contributed by atoms with E-state index in [0.29, 0.717) is 5.76 Å². The number of rotatable bonds is 3. The second-order valence-electron chi connectivity index (χ2n) is 3.13. The molecule has 0 aliphatic rings. The van der Waals surface area contributed by atoms with Gasteiger partial charge in [-0.05, 0) is 0 Å². The average Bonchev–Trinajstić information content (AvgIpc) is 2.03. The third kappa shape index (κ3) is 3.47. The third-order valence-corrected chi connectivity index (χ3v) is 2.09. The Labute approximate surface area is 78.7 Å². The van der Waals surface area contributed by atoms with Crippen LogP contribution >= 0.6 is 7.37 Å². The third-order valence-electron chi connectivity index (χ3n) is 1.43. The molecule has 3 heteroatoms. The summed E-state index contributed by atoms with van der Waals surface area (Å²) in [7, 11) is -2.49. The van der Waals surface area contributed by atoms with Crippen LogP contribution in [0, 0.1) is 0 Å². The van der Waals surface area contributed by atoms with Gasteiger partial charge in [-0.15, -0.1) is 0 Å². The lowest BCUT2D eigenvalue weighted by molar-refractivity contribution is 0.473. The highest BCUT2D eigenvalue weighted by atomic mass is 31.2. The molecule has 1 rings (SSSR count). The summed E-state index contributed by atoms with van der Waals surface area (Å²) in [5, 5.41) is 0. The zero-order chi connectivity index (χ0) is 9.90. The molecule has 1 aromatic carbocycles. The van der Waals surface area contributed by atoms with Gasteiger partial charge in [0.2, 0.25) is 7.37 Å². The molecule has 13 heavy (non-hydrogen) atoms. The molecule has 0 heterocycles. The fourth-order valence-corrected chi connectivity index (χ4v) is 1.58. The number of hydrogen-bond acceptors (Lipinski definition) is 2. The van der Waals surface area contributed by atoms with Crippen molar-refractivity contribution in [3.63, 3.8) is 0 Å². The first-order valence-corrected chi connectivity index (χ1v) is 6.50. The Morgan fingerprint density at radius 3 is 2.31 bits per heavy atom. The lowest BCUT2D eigenvalue weighted by Crippen LogP contribution is -1.87. The standard InChI is InChI=1S/C10H13O2P/c1-9(12-13(2,3)11)10-7-5-4-6-8-10/h4-8H,1H2,2-3H3. The maximum absolute atomic E-state index is 11.3. The van der Waals surface area contributed by atoms with Crippen molar-refractivity contribution in [2.75, 3.05) is 13.3 Å². The molecular formula is C10H13O2P. The molecule has 0 saturated heterocycles. The van der Waals surface area contributed by atoms with Gasteiger partial charge in [-0.3, -0.25) is 4.57 Å². The van der Waals surface area contributed by atoms with E-state index in [1.165, 1.54) is 0 Å². The Balaban J connectivity index is 2.76. The van der Waals surface area contributed by atoms with Crippen molar-refractivity contribution >= 4 is 13.1 Å². The molecule has 0 radical (unpaired) electrons. The molecule has 70 valence electrons. The molecular weight excluding hydrogens is 183 g/mol. The predicted octanol–water partition coefficient (Wildman–Crippen LogP) is 3.21. The molecule has 0 atom stereocenters. The summed E-state index contributed by atoms with van der Waals surface area (Å²) in [6.45, 7) is 6.86. The average molecular weight is 196 g/mol. The molecule has 0 amide bonds. The molecule has 2 nitrogen and oxygen atoms in total. The van der Waals surface area contributed by atoms with Gasteiger partial charge in [-0.1, -0.05) is 36.9 Å². The normalized spacial score (nSPS) is 10.9. The minimum absolute atomic E-state index is 0.467. The fourth-order valence-electron chi connectivity index (χ4n) is 0.942. The van der Waals surface area contributed by atoms with E-state index < -0.39 is 7.37 Å². The van der Waals surface area contributed by atoms with Crippen molar-refractivity contribution in [3.05, 3.63) is 42.5 Å². The van der Waals surface area contributed by atoms with Gasteiger partial charge in [0.05, 0.1) is 0 Å². The zero-order valence-corrected chi connectivity index (χ0v) is 8.75. The largest absolute Gasteiger partial charge is 0.443 e. The van der Waals surface area contributed by atoms with Crippen LogP contribution in [0.2, 0.25) is 0 Å². The topological polar surface area (TPSA) is 26.3 Å². The van der Waals surface area contributed by atoms with Crippen molar-refractivity contribution in [1.82, 2.24) is 0 Å². The Kier molecular flexibility index (Phi) is 2.94. The van der Waals surface area contributed by atoms with Crippen LogP contribution in [0.4, 0.5) is 0 Å². The SMILES string of the molecule is C=C(OP(C)(C)=O)c1ccccc1. The predicted molar refractivity (Wildman–Crippen MR) is 56.0 cm³/mol. The van der Waals surface area contributed by atoms with E-state index in [9.17, 15) is 4.57 Å². The minimum atomic E-state index is -2.49. The minimum Gasteiger partial charge on any atom is -0.443 e. The second kappa shape index (κ2) is 3.80. The number of benzene rings is 1. The lowest BCUT2D eigenvalue weighted by Gasteiger charge is -2.12. The van der Waals surface area contributed by atoms with E-state index in [2.05, 4.69) is 6.58 Å². The van der Waals surface area contributed by atoms with E-state index in [-0.39, 0.29) is 0 Å². The van der Waals surface area contributed by atoms with E-state index in [1.54, 1.807) is 13.3 Å². The molecule has 0 aliphatic heterocycles. The van der Waals surface area contributed by atoms with Gasteiger partial charge in [0.15, 0.2) is 0 Å². The highest BCUT2D eigenvalue weighted by Gasteiger charge is 2.10. The van der Waals surface area contributed by atoms with Gasteiger partial charge in [-0.2, -0.15) is 0 Å². The summed E-state index contributed by atoms with van der Waals surface area (Å²) in [4.78, 5) is 0. The zero-order valence-electron chi connectivity index (χ0n) is 7.86. The van der Waals surface area contributed by atoms with Crippen LogP contribution in [-0.4, -0.2) is 13.3 Å². The summed E-state index contributed by atoms with van der Waals surface area (Å²) in [6, 6.07) is 9.44. The van der Waals surface area contributed by atoms with E-state index in [4.69, 9.17) is 4.52 Å². The fraction of sp³-hybridized carbons (Fsp3) is 0.200. The maximum Gasteiger partial charge on any atom is 0.242 e. The lowest BCUT2D eigenvalue weighted by atomic mass is 10.2. The van der Waals surface area contributed by atoms with Crippen molar-refractivity contribution in [2.45, 2.75) is 0 Å². The Bertz CT molecular complexity index is 337.